The van der Waals surface area contributed by atoms with Gasteiger partial charge in [0.1, 0.15) is 0 Å². The minimum atomic E-state index is -3.80. The average molecular weight is 444 g/mol. The number of fused-ring (bicyclic) bond motifs is 1. The number of carbonyl (C=O) groups excluding carboxylic acids is 1. The molecule has 4 aromatic rings. The number of hydrogen-bond donors (Lipinski definition) is 0. The Kier molecular flexibility index (Phi) is 5.61. The highest BCUT2D eigenvalue weighted by Gasteiger charge is 2.22. The third kappa shape index (κ3) is 4.16. The van der Waals surface area contributed by atoms with E-state index in [1.165, 1.54) is 10.0 Å². The van der Waals surface area contributed by atoms with Gasteiger partial charge in [-0.2, -0.15) is 0 Å². The summed E-state index contributed by atoms with van der Waals surface area (Å²) >= 11 is 0. The fraction of sp³-hybridized carbons (Fsp3) is 0.148. The third-order valence-corrected chi connectivity index (χ3v) is 7.15. The van der Waals surface area contributed by atoms with E-state index in [1.54, 1.807) is 48.7 Å². The molecule has 0 aliphatic carbocycles. The van der Waals surface area contributed by atoms with E-state index in [-0.39, 0.29) is 16.1 Å². The van der Waals surface area contributed by atoms with E-state index in [2.05, 4.69) is 20.8 Å². The van der Waals surface area contributed by atoms with Crippen molar-refractivity contribution < 1.29 is 13.2 Å². The molecule has 0 radical (unpaired) electrons. The van der Waals surface area contributed by atoms with Crippen LogP contribution in [0.1, 0.15) is 42.3 Å². The van der Waals surface area contributed by atoms with Crippen LogP contribution in [-0.2, 0) is 15.4 Å². The van der Waals surface area contributed by atoms with Gasteiger partial charge in [0.25, 0.3) is 10.0 Å². The molecule has 3 aromatic carbocycles. The van der Waals surface area contributed by atoms with Crippen molar-refractivity contribution in [2.24, 2.45) is 0 Å². The molecule has 0 aliphatic rings. The van der Waals surface area contributed by atoms with Crippen LogP contribution in [0.4, 0.5) is 0 Å². The second kappa shape index (κ2) is 8.24. The standard InChI is InChI=1S/C27H25NO3S/c1-27(2,3)22-14-16-23(17-15-22)32(30,31)28-19-21(24-11-7-8-12-25(24)28)13-18-26(29)20-9-5-4-6-10-20/h4-19H,1-3H3. The van der Waals surface area contributed by atoms with Gasteiger partial charge < -0.3 is 0 Å². The Balaban J connectivity index is 1.76. The molecule has 4 nitrogen and oxygen atoms in total. The monoisotopic (exact) mass is 443 g/mol. The van der Waals surface area contributed by atoms with Crippen LogP contribution in [-0.4, -0.2) is 18.2 Å². The Labute approximate surface area is 188 Å². The number of rotatable bonds is 5. The quantitative estimate of drug-likeness (QED) is 0.278. The van der Waals surface area contributed by atoms with Crippen molar-refractivity contribution in [1.82, 2.24) is 3.97 Å². The Bertz CT molecular complexity index is 1410. The molecule has 0 fully saturated rings. The van der Waals surface area contributed by atoms with Crippen molar-refractivity contribution >= 4 is 32.8 Å². The molecule has 32 heavy (non-hydrogen) atoms. The second-order valence-electron chi connectivity index (χ2n) is 8.74. The van der Waals surface area contributed by atoms with E-state index >= 15 is 0 Å². The zero-order chi connectivity index (χ0) is 22.9. The molecule has 5 heteroatoms. The number of carbonyl (C=O) groups is 1. The van der Waals surface area contributed by atoms with E-state index in [0.29, 0.717) is 16.6 Å². The van der Waals surface area contributed by atoms with Crippen molar-refractivity contribution in [1.29, 1.82) is 0 Å². The largest absolute Gasteiger partial charge is 0.289 e. The predicted molar refractivity (Wildman–Crippen MR) is 129 cm³/mol. The first-order valence-electron chi connectivity index (χ1n) is 10.4. The smallest absolute Gasteiger partial charge is 0.268 e. The second-order valence-corrected chi connectivity index (χ2v) is 10.6. The molecule has 0 N–H and O–H groups in total. The summed E-state index contributed by atoms with van der Waals surface area (Å²) in [6.45, 7) is 6.27. The van der Waals surface area contributed by atoms with Crippen LogP contribution in [0.3, 0.4) is 0 Å². The first kappa shape index (κ1) is 21.8. The Morgan fingerprint density at radius 1 is 0.844 bits per heavy atom. The Morgan fingerprint density at radius 3 is 2.12 bits per heavy atom. The number of benzene rings is 3. The van der Waals surface area contributed by atoms with Gasteiger partial charge >= 0.3 is 0 Å². The van der Waals surface area contributed by atoms with E-state index < -0.39 is 10.0 Å². The molecule has 0 atom stereocenters. The molecular weight excluding hydrogens is 418 g/mol. The van der Waals surface area contributed by atoms with Crippen LogP contribution in [0, 0.1) is 0 Å². The van der Waals surface area contributed by atoms with Crippen LogP contribution in [0.15, 0.2) is 96.0 Å². The maximum absolute atomic E-state index is 13.5. The first-order valence-corrected chi connectivity index (χ1v) is 11.9. The summed E-state index contributed by atoms with van der Waals surface area (Å²) in [5.74, 6) is -0.136. The minimum absolute atomic E-state index is 0.0638. The summed E-state index contributed by atoms with van der Waals surface area (Å²) in [5.41, 5.74) is 2.82. The summed E-state index contributed by atoms with van der Waals surface area (Å²) in [5, 5.41) is 0.763. The van der Waals surface area contributed by atoms with E-state index in [9.17, 15) is 13.2 Å². The molecule has 0 saturated carbocycles. The fourth-order valence-corrected chi connectivity index (χ4v) is 4.99. The lowest BCUT2D eigenvalue weighted by Crippen LogP contribution is -2.14. The highest BCUT2D eigenvalue weighted by atomic mass is 32.2. The lowest BCUT2D eigenvalue weighted by Gasteiger charge is -2.19. The lowest BCUT2D eigenvalue weighted by atomic mass is 9.87. The number of aromatic nitrogens is 1. The zero-order valence-corrected chi connectivity index (χ0v) is 19.1. The van der Waals surface area contributed by atoms with E-state index in [0.717, 1.165) is 10.9 Å². The minimum Gasteiger partial charge on any atom is -0.289 e. The van der Waals surface area contributed by atoms with Crippen molar-refractivity contribution in [2.75, 3.05) is 0 Å². The molecule has 0 bridgehead atoms. The molecule has 1 heterocycles. The van der Waals surface area contributed by atoms with Gasteiger partial charge in [-0.25, -0.2) is 12.4 Å². The predicted octanol–water partition coefficient (Wildman–Crippen LogP) is 6.07. The molecule has 0 amide bonds. The van der Waals surface area contributed by atoms with Gasteiger partial charge in [-0.05, 0) is 41.3 Å². The summed E-state index contributed by atoms with van der Waals surface area (Å²) in [6.07, 6.45) is 4.73. The first-order chi connectivity index (χ1) is 15.2. The molecule has 162 valence electrons. The van der Waals surface area contributed by atoms with Crippen LogP contribution >= 0.6 is 0 Å². The van der Waals surface area contributed by atoms with Gasteiger partial charge in [-0.3, -0.25) is 4.79 Å². The normalized spacial score (nSPS) is 12.5. The molecule has 0 aliphatic heterocycles. The number of hydrogen-bond acceptors (Lipinski definition) is 3. The van der Waals surface area contributed by atoms with Crippen LogP contribution in [0.2, 0.25) is 0 Å². The number of ketones is 1. The van der Waals surface area contributed by atoms with E-state index in [4.69, 9.17) is 0 Å². The van der Waals surface area contributed by atoms with Gasteiger partial charge in [0, 0.05) is 22.7 Å². The summed E-state index contributed by atoms with van der Waals surface area (Å²) in [6, 6.07) is 23.3. The van der Waals surface area contributed by atoms with Gasteiger partial charge in [0.05, 0.1) is 10.4 Å². The van der Waals surface area contributed by atoms with Crippen molar-refractivity contribution in [2.45, 2.75) is 31.1 Å². The van der Waals surface area contributed by atoms with Crippen molar-refractivity contribution in [3.63, 3.8) is 0 Å². The maximum Gasteiger partial charge on any atom is 0.268 e. The summed E-state index contributed by atoms with van der Waals surface area (Å²) < 4.78 is 28.2. The van der Waals surface area contributed by atoms with Crippen LogP contribution in [0.25, 0.3) is 17.0 Å². The summed E-state index contributed by atoms with van der Waals surface area (Å²) in [4.78, 5) is 12.7. The van der Waals surface area contributed by atoms with Crippen molar-refractivity contribution in [3.8, 4) is 0 Å². The number of allylic oxidation sites excluding steroid dienone is 1. The lowest BCUT2D eigenvalue weighted by molar-refractivity contribution is 0.104. The molecule has 4 rings (SSSR count). The molecule has 0 unspecified atom stereocenters. The van der Waals surface area contributed by atoms with Gasteiger partial charge in [-0.15, -0.1) is 0 Å². The zero-order valence-electron chi connectivity index (χ0n) is 18.3. The van der Waals surface area contributed by atoms with Crippen molar-refractivity contribution in [3.05, 3.63) is 108 Å². The SMILES string of the molecule is CC(C)(C)c1ccc(S(=O)(=O)n2cc(C=CC(=O)c3ccccc3)c3ccccc32)cc1. The fourth-order valence-electron chi connectivity index (χ4n) is 3.61. The molecule has 0 spiro atoms. The molecule has 0 saturated heterocycles. The van der Waals surface area contributed by atoms with E-state index in [1.807, 2.05) is 42.5 Å². The maximum atomic E-state index is 13.5. The molecule has 1 aromatic heterocycles. The highest BCUT2D eigenvalue weighted by Crippen LogP contribution is 2.29. The topological polar surface area (TPSA) is 56.1 Å². The number of para-hydroxylation sites is 1. The summed E-state index contributed by atoms with van der Waals surface area (Å²) in [7, 11) is -3.80. The third-order valence-electron chi connectivity index (χ3n) is 5.46. The van der Waals surface area contributed by atoms with Gasteiger partial charge in [-0.1, -0.05) is 81.4 Å². The molecular formula is C27H25NO3S. The van der Waals surface area contributed by atoms with Crippen LogP contribution < -0.4 is 0 Å². The average Bonchev–Trinajstić information content (AvgIpc) is 3.17. The van der Waals surface area contributed by atoms with Crippen LogP contribution in [0.5, 0.6) is 0 Å². The number of nitrogens with zero attached hydrogens (tertiary/aromatic N) is 1. The Hall–Kier alpha value is -3.44. The van der Waals surface area contributed by atoms with Gasteiger partial charge in [0.15, 0.2) is 5.78 Å². The highest BCUT2D eigenvalue weighted by molar-refractivity contribution is 7.90. The van der Waals surface area contributed by atoms with Gasteiger partial charge in [0.2, 0.25) is 0 Å². The Morgan fingerprint density at radius 2 is 1.47 bits per heavy atom.